The molecule has 2 aromatic carbocycles. The lowest BCUT2D eigenvalue weighted by Gasteiger charge is -2.33. The van der Waals surface area contributed by atoms with Crippen LogP contribution in [0, 0.1) is 11.3 Å². The molecule has 0 N–H and O–H groups in total. The summed E-state index contributed by atoms with van der Waals surface area (Å²) < 4.78 is 61.3. The van der Waals surface area contributed by atoms with Crippen LogP contribution in [0.2, 0.25) is 0 Å². The molecule has 8 nitrogen and oxygen atoms in total. The summed E-state index contributed by atoms with van der Waals surface area (Å²) in [5.41, 5.74) is 0.607. The molecule has 0 aliphatic carbocycles. The number of hydrogen-bond acceptors (Lipinski definition) is 6. The van der Waals surface area contributed by atoms with E-state index in [1.807, 2.05) is 6.07 Å². The smallest absolute Gasteiger partial charge is 0.387 e. The maximum Gasteiger partial charge on any atom is 0.387 e. The minimum Gasteiger partial charge on any atom is -0.493 e. The van der Waals surface area contributed by atoms with E-state index in [-0.39, 0.29) is 54.0 Å². The highest BCUT2D eigenvalue weighted by molar-refractivity contribution is 7.89. The molecule has 1 heterocycles. The molecule has 174 valence electrons. The number of methoxy groups -OCH3 is 1. The summed E-state index contributed by atoms with van der Waals surface area (Å²) in [5.74, 6) is -0.344. The van der Waals surface area contributed by atoms with Gasteiger partial charge in [-0.2, -0.15) is 18.3 Å². The normalized spacial score (nSPS) is 14.9. The van der Waals surface area contributed by atoms with Crippen molar-refractivity contribution in [1.82, 2.24) is 9.21 Å². The molecule has 33 heavy (non-hydrogen) atoms. The van der Waals surface area contributed by atoms with E-state index in [1.165, 1.54) is 58.8 Å². The van der Waals surface area contributed by atoms with E-state index < -0.39 is 16.6 Å². The quantitative estimate of drug-likeness (QED) is 0.569. The van der Waals surface area contributed by atoms with Gasteiger partial charge in [0.25, 0.3) is 0 Å². The summed E-state index contributed by atoms with van der Waals surface area (Å²) in [6.45, 7) is -2.44. The number of sulfonamides is 1. The van der Waals surface area contributed by atoms with Crippen LogP contribution >= 0.6 is 0 Å². The van der Waals surface area contributed by atoms with Crippen LogP contribution in [-0.2, 0) is 14.8 Å². The van der Waals surface area contributed by atoms with Crippen molar-refractivity contribution >= 4 is 22.0 Å². The van der Waals surface area contributed by atoms with Crippen molar-refractivity contribution in [2.75, 3.05) is 33.3 Å². The van der Waals surface area contributed by atoms with E-state index in [2.05, 4.69) is 4.74 Å². The predicted octanol–water partition coefficient (Wildman–Crippen LogP) is 2.71. The molecule has 0 bridgehead atoms. The van der Waals surface area contributed by atoms with Crippen LogP contribution in [0.5, 0.6) is 11.5 Å². The Morgan fingerprint density at radius 3 is 2.45 bits per heavy atom. The van der Waals surface area contributed by atoms with Crippen LogP contribution in [-0.4, -0.2) is 63.4 Å². The average molecular weight is 477 g/mol. The molecule has 11 heteroatoms. The zero-order valence-electron chi connectivity index (χ0n) is 17.6. The van der Waals surface area contributed by atoms with Gasteiger partial charge in [0, 0.05) is 32.3 Å². The number of hydrogen-bond donors (Lipinski definition) is 0. The fourth-order valence-corrected chi connectivity index (χ4v) is 4.89. The lowest BCUT2D eigenvalue weighted by Crippen LogP contribution is -2.50. The van der Waals surface area contributed by atoms with Gasteiger partial charge in [0.15, 0.2) is 11.5 Å². The van der Waals surface area contributed by atoms with Crippen LogP contribution in [0.25, 0.3) is 6.08 Å². The van der Waals surface area contributed by atoms with Gasteiger partial charge < -0.3 is 14.4 Å². The first kappa shape index (κ1) is 24.2. The van der Waals surface area contributed by atoms with Gasteiger partial charge in [-0.15, -0.1) is 0 Å². The Morgan fingerprint density at radius 1 is 1.12 bits per heavy atom. The van der Waals surface area contributed by atoms with Crippen LogP contribution in [0.4, 0.5) is 8.78 Å². The first-order valence-electron chi connectivity index (χ1n) is 9.85. The molecule has 0 atom stereocenters. The van der Waals surface area contributed by atoms with Gasteiger partial charge >= 0.3 is 6.61 Å². The summed E-state index contributed by atoms with van der Waals surface area (Å²) in [4.78, 5) is 14.0. The number of rotatable bonds is 7. The number of ether oxygens (including phenoxy) is 2. The SMILES string of the molecule is COc1cc(/C=C\C(=O)N2CCN(S(=O)(=O)c3ccccc3C#N)CC2)ccc1OC(F)F. The Kier molecular flexibility index (Phi) is 7.63. The molecule has 0 saturated carbocycles. The number of alkyl halides is 2. The third-order valence-electron chi connectivity index (χ3n) is 5.00. The van der Waals surface area contributed by atoms with Crippen molar-refractivity contribution in [3.63, 3.8) is 0 Å². The maximum absolute atomic E-state index is 12.9. The third-order valence-corrected chi connectivity index (χ3v) is 6.95. The second kappa shape index (κ2) is 10.4. The zero-order valence-corrected chi connectivity index (χ0v) is 18.5. The van der Waals surface area contributed by atoms with Crippen molar-refractivity contribution in [2.24, 2.45) is 0 Å². The highest BCUT2D eigenvalue weighted by atomic mass is 32.2. The molecule has 3 rings (SSSR count). The van der Waals surface area contributed by atoms with Crippen molar-refractivity contribution < 1.29 is 31.5 Å². The fourth-order valence-electron chi connectivity index (χ4n) is 3.33. The molecule has 1 amide bonds. The Balaban J connectivity index is 1.64. The maximum atomic E-state index is 12.9. The summed E-state index contributed by atoms with van der Waals surface area (Å²) in [7, 11) is -2.54. The summed E-state index contributed by atoms with van der Waals surface area (Å²) in [6, 6.07) is 12.1. The van der Waals surface area contributed by atoms with Crippen LogP contribution in [0.15, 0.2) is 53.4 Å². The summed E-state index contributed by atoms with van der Waals surface area (Å²) in [6.07, 6.45) is 2.82. The molecular formula is C22H21F2N3O5S. The van der Waals surface area contributed by atoms with E-state index in [4.69, 9.17) is 4.74 Å². The topological polar surface area (TPSA) is 99.9 Å². The number of halogens is 2. The van der Waals surface area contributed by atoms with E-state index in [0.29, 0.717) is 5.56 Å². The van der Waals surface area contributed by atoms with Gasteiger partial charge in [0.1, 0.15) is 6.07 Å². The third kappa shape index (κ3) is 5.66. The van der Waals surface area contributed by atoms with Gasteiger partial charge in [0.05, 0.1) is 17.6 Å². The highest BCUT2D eigenvalue weighted by Crippen LogP contribution is 2.30. The van der Waals surface area contributed by atoms with E-state index in [9.17, 15) is 27.3 Å². The molecule has 1 saturated heterocycles. The van der Waals surface area contributed by atoms with Crippen molar-refractivity contribution in [3.05, 3.63) is 59.7 Å². The number of carbonyl (C=O) groups is 1. The van der Waals surface area contributed by atoms with Crippen molar-refractivity contribution in [1.29, 1.82) is 5.26 Å². The first-order valence-corrected chi connectivity index (χ1v) is 11.3. The molecule has 0 unspecified atom stereocenters. The van der Waals surface area contributed by atoms with E-state index in [1.54, 1.807) is 12.1 Å². The van der Waals surface area contributed by atoms with Gasteiger partial charge in [0.2, 0.25) is 15.9 Å². The van der Waals surface area contributed by atoms with E-state index >= 15 is 0 Å². The Morgan fingerprint density at radius 2 is 1.82 bits per heavy atom. The van der Waals surface area contributed by atoms with Crippen LogP contribution in [0.3, 0.4) is 0 Å². The number of piperazine rings is 1. The number of amides is 1. The van der Waals surface area contributed by atoms with Gasteiger partial charge in [-0.1, -0.05) is 18.2 Å². The first-order chi connectivity index (χ1) is 15.8. The van der Waals surface area contributed by atoms with Crippen molar-refractivity contribution in [3.8, 4) is 17.6 Å². The van der Waals surface area contributed by atoms with E-state index in [0.717, 1.165) is 0 Å². The number of nitriles is 1. The zero-order chi connectivity index (χ0) is 24.0. The van der Waals surface area contributed by atoms with Crippen LogP contribution in [0.1, 0.15) is 11.1 Å². The monoisotopic (exact) mass is 477 g/mol. The minimum absolute atomic E-state index is 0.0552. The van der Waals surface area contributed by atoms with Gasteiger partial charge in [-0.25, -0.2) is 8.42 Å². The van der Waals surface area contributed by atoms with Gasteiger partial charge in [-0.3, -0.25) is 4.79 Å². The standard InChI is InChI=1S/C22H21F2N3O5S/c1-31-19-14-16(6-8-18(19)32-22(23)24)7-9-21(28)26-10-12-27(13-11-26)33(29,30)20-5-3-2-4-17(20)15-25/h2-9,14,22H,10-13H2,1H3/b9-7-. The molecular weight excluding hydrogens is 456 g/mol. The molecule has 1 fully saturated rings. The molecule has 1 aliphatic heterocycles. The lowest BCUT2D eigenvalue weighted by atomic mass is 10.2. The molecule has 0 radical (unpaired) electrons. The predicted molar refractivity (Wildman–Crippen MR) is 115 cm³/mol. The largest absolute Gasteiger partial charge is 0.493 e. The molecule has 1 aliphatic rings. The second-order valence-corrected chi connectivity index (χ2v) is 8.87. The summed E-state index contributed by atoms with van der Waals surface area (Å²) >= 11 is 0. The fraction of sp³-hybridized carbons (Fsp3) is 0.273. The lowest BCUT2D eigenvalue weighted by molar-refractivity contribution is -0.127. The average Bonchev–Trinajstić information content (AvgIpc) is 2.82. The summed E-state index contributed by atoms with van der Waals surface area (Å²) in [5, 5.41) is 9.19. The Bertz CT molecular complexity index is 1190. The molecule has 0 spiro atoms. The second-order valence-electron chi connectivity index (χ2n) is 6.96. The number of nitrogens with zero attached hydrogens (tertiary/aromatic N) is 3. The highest BCUT2D eigenvalue weighted by Gasteiger charge is 2.31. The number of benzene rings is 2. The minimum atomic E-state index is -3.85. The Labute approximate surface area is 190 Å². The molecule has 0 aromatic heterocycles. The molecule has 2 aromatic rings. The van der Waals surface area contributed by atoms with Crippen LogP contribution < -0.4 is 9.47 Å². The van der Waals surface area contributed by atoms with Crippen molar-refractivity contribution in [2.45, 2.75) is 11.5 Å². The van der Waals surface area contributed by atoms with Gasteiger partial charge in [-0.05, 0) is 35.9 Å². The number of carbonyl (C=O) groups excluding carboxylic acids is 1. The Hall–Kier alpha value is -3.49.